The lowest BCUT2D eigenvalue weighted by Crippen LogP contribution is -1.89. The Morgan fingerprint density at radius 3 is 2.79 bits per heavy atom. The van der Waals surface area contributed by atoms with Crippen LogP contribution in [0, 0.1) is 26.2 Å². The second-order valence-corrected chi connectivity index (χ2v) is 3.50. The molecular weight excluding hydrogens is 170 g/mol. The van der Waals surface area contributed by atoms with E-state index in [0.717, 1.165) is 17.0 Å². The molecule has 0 aliphatic rings. The van der Waals surface area contributed by atoms with Gasteiger partial charge in [-0.25, -0.2) is 0 Å². The zero-order valence-electron chi connectivity index (χ0n) is 8.96. The molecule has 72 valence electrons. The highest BCUT2D eigenvalue weighted by Crippen LogP contribution is 2.12. The molecule has 0 amide bonds. The largest absolute Gasteiger partial charge is 0.258 e. The Bertz CT molecular complexity index is 394. The van der Waals surface area contributed by atoms with Crippen LogP contribution in [0.15, 0.2) is 17.7 Å². The Morgan fingerprint density at radius 2 is 2.21 bits per heavy atom. The lowest BCUT2D eigenvalue weighted by atomic mass is 10.1. The average molecular weight is 185 g/mol. The standard InChI is InChI=1S/C13H15N/c1-5-6-10(2)9-13-8-7-11(3)14-12(13)4/h1,7-9H,6H2,2-4H3/b10-9-. The van der Waals surface area contributed by atoms with E-state index in [1.165, 1.54) is 5.57 Å². The summed E-state index contributed by atoms with van der Waals surface area (Å²) in [5.74, 6) is 2.63. The molecule has 14 heavy (non-hydrogen) atoms. The van der Waals surface area contributed by atoms with Crippen LogP contribution in [0.1, 0.15) is 30.3 Å². The third-order valence-corrected chi connectivity index (χ3v) is 2.05. The van der Waals surface area contributed by atoms with Crippen molar-refractivity contribution in [2.75, 3.05) is 0 Å². The van der Waals surface area contributed by atoms with Gasteiger partial charge in [0.2, 0.25) is 0 Å². The highest BCUT2D eigenvalue weighted by atomic mass is 14.7. The van der Waals surface area contributed by atoms with E-state index in [1.54, 1.807) is 0 Å². The van der Waals surface area contributed by atoms with E-state index in [4.69, 9.17) is 6.42 Å². The molecule has 0 atom stereocenters. The van der Waals surface area contributed by atoms with Crippen molar-refractivity contribution in [2.24, 2.45) is 0 Å². The predicted octanol–water partition coefficient (Wildman–Crippen LogP) is 3.13. The summed E-state index contributed by atoms with van der Waals surface area (Å²) in [5, 5.41) is 0. The molecule has 0 saturated heterocycles. The van der Waals surface area contributed by atoms with E-state index in [0.29, 0.717) is 6.42 Å². The van der Waals surface area contributed by atoms with Crippen molar-refractivity contribution in [2.45, 2.75) is 27.2 Å². The first-order chi connectivity index (χ1) is 6.63. The summed E-state index contributed by atoms with van der Waals surface area (Å²) in [5.41, 5.74) is 4.46. The molecule has 1 aromatic heterocycles. The third kappa shape index (κ3) is 2.74. The Labute approximate surface area is 85.9 Å². The van der Waals surface area contributed by atoms with Gasteiger partial charge in [-0.3, -0.25) is 4.98 Å². The Morgan fingerprint density at radius 1 is 1.50 bits per heavy atom. The first-order valence-corrected chi connectivity index (χ1v) is 4.68. The van der Waals surface area contributed by atoms with Crippen LogP contribution < -0.4 is 0 Å². The number of nitrogens with zero attached hydrogens (tertiary/aromatic N) is 1. The van der Waals surface area contributed by atoms with Gasteiger partial charge >= 0.3 is 0 Å². The van der Waals surface area contributed by atoms with Crippen molar-refractivity contribution in [3.63, 3.8) is 0 Å². The Hall–Kier alpha value is -1.55. The smallest absolute Gasteiger partial charge is 0.0448 e. The highest BCUT2D eigenvalue weighted by Gasteiger charge is 1.96. The molecule has 0 bridgehead atoms. The van der Waals surface area contributed by atoms with E-state index in [9.17, 15) is 0 Å². The van der Waals surface area contributed by atoms with Gasteiger partial charge in [0, 0.05) is 17.8 Å². The number of pyridine rings is 1. The van der Waals surface area contributed by atoms with Gasteiger partial charge in [-0.15, -0.1) is 12.3 Å². The van der Waals surface area contributed by atoms with Gasteiger partial charge in [0.05, 0.1) is 0 Å². The van der Waals surface area contributed by atoms with Crippen molar-refractivity contribution >= 4 is 6.08 Å². The fraction of sp³-hybridized carbons (Fsp3) is 0.308. The van der Waals surface area contributed by atoms with Crippen LogP contribution in [-0.4, -0.2) is 4.98 Å². The predicted molar refractivity (Wildman–Crippen MR) is 60.8 cm³/mol. The molecule has 1 aromatic rings. The number of allylic oxidation sites excluding steroid dienone is 1. The summed E-state index contributed by atoms with van der Waals surface area (Å²) in [7, 11) is 0. The Balaban J connectivity index is 2.98. The number of aryl methyl sites for hydroxylation is 2. The Kier molecular flexibility index (Phi) is 3.48. The molecule has 0 fully saturated rings. The topological polar surface area (TPSA) is 12.9 Å². The van der Waals surface area contributed by atoms with Crippen LogP contribution in [-0.2, 0) is 0 Å². The van der Waals surface area contributed by atoms with E-state index >= 15 is 0 Å². The van der Waals surface area contributed by atoms with Crippen molar-refractivity contribution in [3.8, 4) is 12.3 Å². The quantitative estimate of drug-likeness (QED) is 0.645. The fourth-order valence-electron chi connectivity index (χ4n) is 1.33. The summed E-state index contributed by atoms with van der Waals surface area (Å²) in [6.07, 6.45) is 8.04. The van der Waals surface area contributed by atoms with Crippen LogP contribution in [0.4, 0.5) is 0 Å². The molecule has 1 nitrogen and oxygen atoms in total. The summed E-state index contributed by atoms with van der Waals surface area (Å²) in [6.45, 7) is 6.05. The van der Waals surface area contributed by atoms with Gasteiger partial charge in [0.15, 0.2) is 0 Å². The third-order valence-electron chi connectivity index (χ3n) is 2.05. The van der Waals surface area contributed by atoms with E-state index < -0.39 is 0 Å². The van der Waals surface area contributed by atoms with Crippen molar-refractivity contribution in [1.82, 2.24) is 4.98 Å². The van der Waals surface area contributed by atoms with Gasteiger partial charge in [-0.05, 0) is 32.4 Å². The SMILES string of the molecule is C#CC/C(C)=C\c1ccc(C)nc1C. The van der Waals surface area contributed by atoms with E-state index in [2.05, 4.69) is 23.0 Å². The zero-order valence-corrected chi connectivity index (χ0v) is 8.96. The second-order valence-electron chi connectivity index (χ2n) is 3.50. The number of hydrogen-bond donors (Lipinski definition) is 0. The summed E-state index contributed by atoms with van der Waals surface area (Å²) in [4.78, 5) is 4.39. The number of aromatic nitrogens is 1. The summed E-state index contributed by atoms with van der Waals surface area (Å²) < 4.78 is 0. The molecule has 0 N–H and O–H groups in total. The molecule has 0 aromatic carbocycles. The minimum atomic E-state index is 0.702. The van der Waals surface area contributed by atoms with Gasteiger partial charge in [-0.1, -0.05) is 17.7 Å². The zero-order chi connectivity index (χ0) is 10.6. The number of terminal acetylenes is 1. The molecule has 0 aliphatic heterocycles. The van der Waals surface area contributed by atoms with Crippen LogP contribution in [0.3, 0.4) is 0 Å². The molecule has 1 heterocycles. The van der Waals surface area contributed by atoms with Crippen LogP contribution in [0.2, 0.25) is 0 Å². The lowest BCUT2D eigenvalue weighted by molar-refractivity contribution is 1.11. The maximum absolute atomic E-state index is 5.24. The van der Waals surface area contributed by atoms with Crippen molar-refractivity contribution in [1.29, 1.82) is 0 Å². The first kappa shape index (κ1) is 10.5. The van der Waals surface area contributed by atoms with Crippen LogP contribution in [0.25, 0.3) is 6.08 Å². The van der Waals surface area contributed by atoms with E-state index in [-0.39, 0.29) is 0 Å². The molecule has 0 aliphatic carbocycles. The highest BCUT2D eigenvalue weighted by molar-refractivity contribution is 5.55. The van der Waals surface area contributed by atoms with Crippen molar-refractivity contribution in [3.05, 3.63) is 34.7 Å². The summed E-state index contributed by atoms with van der Waals surface area (Å²) in [6, 6.07) is 4.10. The van der Waals surface area contributed by atoms with Gasteiger partial charge < -0.3 is 0 Å². The van der Waals surface area contributed by atoms with Crippen LogP contribution in [0.5, 0.6) is 0 Å². The molecule has 1 heteroatoms. The molecule has 0 spiro atoms. The number of rotatable bonds is 2. The van der Waals surface area contributed by atoms with E-state index in [1.807, 2.05) is 26.8 Å². The minimum Gasteiger partial charge on any atom is -0.258 e. The first-order valence-electron chi connectivity index (χ1n) is 4.68. The molecule has 0 saturated carbocycles. The lowest BCUT2D eigenvalue weighted by Gasteiger charge is -2.02. The molecule has 0 radical (unpaired) electrons. The maximum Gasteiger partial charge on any atom is 0.0448 e. The second kappa shape index (κ2) is 4.62. The maximum atomic E-state index is 5.24. The fourth-order valence-corrected chi connectivity index (χ4v) is 1.33. The van der Waals surface area contributed by atoms with Crippen molar-refractivity contribution < 1.29 is 0 Å². The van der Waals surface area contributed by atoms with Crippen LogP contribution >= 0.6 is 0 Å². The monoisotopic (exact) mass is 185 g/mol. The number of hydrogen-bond acceptors (Lipinski definition) is 1. The van der Waals surface area contributed by atoms with Gasteiger partial charge in [-0.2, -0.15) is 0 Å². The average Bonchev–Trinajstić information content (AvgIpc) is 2.10. The van der Waals surface area contributed by atoms with Gasteiger partial charge in [0.1, 0.15) is 0 Å². The van der Waals surface area contributed by atoms with Gasteiger partial charge in [0.25, 0.3) is 0 Å². The molecular formula is C13H15N. The minimum absolute atomic E-state index is 0.702. The molecule has 0 unspecified atom stereocenters. The summed E-state index contributed by atoms with van der Waals surface area (Å²) >= 11 is 0. The normalized spacial score (nSPS) is 11.1. The molecule has 1 rings (SSSR count).